The highest BCUT2D eigenvalue weighted by Crippen LogP contribution is 2.25. The molecule has 3 rings (SSSR count). The molecule has 0 radical (unpaired) electrons. The van der Waals surface area contributed by atoms with Gasteiger partial charge < -0.3 is 14.5 Å². The van der Waals surface area contributed by atoms with E-state index in [4.69, 9.17) is 9.15 Å². The molecule has 1 amide bonds. The van der Waals surface area contributed by atoms with Crippen molar-refractivity contribution in [3.8, 4) is 5.75 Å². The van der Waals surface area contributed by atoms with Crippen molar-refractivity contribution in [1.29, 1.82) is 0 Å². The van der Waals surface area contributed by atoms with E-state index >= 15 is 0 Å². The molecule has 0 bridgehead atoms. The lowest BCUT2D eigenvalue weighted by Gasteiger charge is -2.22. The summed E-state index contributed by atoms with van der Waals surface area (Å²) < 4.78 is 11.4. The normalized spacial score (nSPS) is 15.7. The first-order valence-electron chi connectivity index (χ1n) is 9.55. The summed E-state index contributed by atoms with van der Waals surface area (Å²) in [6.45, 7) is 6.87. The number of carbonyl (C=O) groups is 1. The fourth-order valence-corrected chi connectivity index (χ4v) is 3.29. The molecule has 140 valence electrons. The van der Waals surface area contributed by atoms with Gasteiger partial charge in [-0.05, 0) is 48.1 Å². The monoisotopic (exact) mass is 355 g/mol. The Bertz CT molecular complexity index is 719. The van der Waals surface area contributed by atoms with Crippen LogP contribution in [0, 0.1) is 0 Å². The lowest BCUT2D eigenvalue weighted by molar-refractivity contribution is 0.0895. The first-order chi connectivity index (χ1) is 12.4. The van der Waals surface area contributed by atoms with Gasteiger partial charge in [0.2, 0.25) is 0 Å². The van der Waals surface area contributed by atoms with Crippen LogP contribution in [0.3, 0.4) is 0 Å². The Balaban J connectivity index is 1.52. The third-order valence-corrected chi connectivity index (χ3v) is 4.93. The maximum absolute atomic E-state index is 12.3. The molecule has 1 heterocycles. The summed E-state index contributed by atoms with van der Waals surface area (Å²) in [5.41, 5.74) is 1.39. The van der Waals surface area contributed by atoms with Gasteiger partial charge in [0.25, 0.3) is 5.91 Å². The predicted octanol–water partition coefficient (Wildman–Crippen LogP) is 5.22. The molecule has 1 N–H and O–H groups in total. The second kappa shape index (κ2) is 7.98. The molecule has 1 fully saturated rings. The van der Waals surface area contributed by atoms with E-state index in [9.17, 15) is 4.79 Å². The molecular weight excluding hydrogens is 326 g/mol. The predicted molar refractivity (Wildman–Crippen MR) is 103 cm³/mol. The molecule has 2 aromatic rings. The van der Waals surface area contributed by atoms with Crippen LogP contribution in [0.4, 0.5) is 0 Å². The standard InChI is InChI=1S/C22H29NO3/c1-22(2,3)16-9-11-18(12-10-16)25-15-19-13-14-20(26-19)21(24)23-17-7-5-4-6-8-17/h9-14,17H,4-8,15H2,1-3H3,(H,23,24). The second-order valence-corrected chi connectivity index (χ2v) is 8.14. The Morgan fingerprint density at radius 2 is 1.77 bits per heavy atom. The number of nitrogens with one attached hydrogen (secondary N) is 1. The quantitative estimate of drug-likeness (QED) is 0.800. The maximum atomic E-state index is 12.3. The minimum atomic E-state index is -0.127. The van der Waals surface area contributed by atoms with Crippen molar-refractivity contribution in [3.63, 3.8) is 0 Å². The number of furan rings is 1. The molecule has 4 nitrogen and oxygen atoms in total. The zero-order valence-corrected chi connectivity index (χ0v) is 16.0. The molecule has 1 aromatic carbocycles. The van der Waals surface area contributed by atoms with E-state index in [2.05, 4.69) is 38.2 Å². The minimum absolute atomic E-state index is 0.125. The zero-order valence-electron chi connectivity index (χ0n) is 16.0. The van der Waals surface area contributed by atoms with Crippen molar-refractivity contribution >= 4 is 5.91 Å². The molecule has 1 aromatic heterocycles. The van der Waals surface area contributed by atoms with Crippen LogP contribution >= 0.6 is 0 Å². The lowest BCUT2D eigenvalue weighted by Crippen LogP contribution is -2.35. The molecule has 1 aliphatic carbocycles. The second-order valence-electron chi connectivity index (χ2n) is 8.14. The van der Waals surface area contributed by atoms with Crippen LogP contribution < -0.4 is 10.1 Å². The number of rotatable bonds is 5. The average Bonchev–Trinajstić information content (AvgIpc) is 3.10. The third kappa shape index (κ3) is 4.90. The van der Waals surface area contributed by atoms with Crippen LogP contribution in [0.1, 0.15) is 74.8 Å². The van der Waals surface area contributed by atoms with Crippen molar-refractivity contribution in [3.05, 3.63) is 53.5 Å². The number of ether oxygens (including phenoxy) is 1. The Morgan fingerprint density at radius 1 is 1.08 bits per heavy atom. The summed E-state index contributed by atoms with van der Waals surface area (Å²) in [5.74, 6) is 1.68. The largest absolute Gasteiger partial charge is 0.486 e. The highest BCUT2D eigenvalue weighted by atomic mass is 16.5. The Hall–Kier alpha value is -2.23. The molecule has 0 saturated heterocycles. The van der Waals surface area contributed by atoms with Gasteiger partial charge in [-0.15, -0.1) is 0 Å². The fraction of sp³-hybridized carbons (Fsp3) is 0.500. The Morgan fingerprint density at radius 3 is 2.42 bits per heavy atom. The SMILES string of the molecule is CC(C)(C)c1ccc(OCc2ccc(C(=O)NC3CCCCC3)o2)cc1. The highest BCUT2D eigenvalue weighted by molar-refractivity contribution is 5.91. The summed E-state index contributed by atoms with van der Waals surface area (Å²) in [5, 5.41) is 3.07. The Labute approximate surface area is 155 Å². The summed E-state index contributed by atoms with van der Waals surface area (Å²) in [6.07, 6.45) is 5.78. The van der Waals surface area contributed by atoms with Crippen LogP contribution in [0.15, 0.2) is 40.8 Å². The first-order valence-corrected chi connectivity index (χ1v) is 9.55. The van der Waals surface area contributed by atoms with Gasteiger partial charge in [0, 0.05) is 6.04 Å². The summed E-state index contributed by atoms with van der Waals surface area (Å²) in [4.78, 5) is 12.3. The Kier molecular flexibility index (Phi) is 5.70. The van der Waals surface area contributed by atoms with Crippen molar-refractivity contribution in [2.24, 2.45) is 0 Å². The highest BCUT2D eigenvalue weighted by Gasteiger charge is 2.19. The van der Waals surface area contributed by atoms with Gasteiger partial charge >= 0.3 is 0 Å². The van der Waals surface area contributed by atoms with Gasteiger partial charge in [0.1, 0.15) is 18.1 Å². The molecule has 4 heteroatoms. The van der Waals surface area contributed by atoms with Crippen molar-refractivity contribution in [1.82, 2.24) is 5.32 Å². The summed E-state index contributed by atoms with van der Waals surface area (Å²) in [7, 11) is 0. The fourth-order valence-electron chi connectivity index (χ4n) is 3.29. The van der Waals surface area contributed by atoms with Crippen LogP contribution in [0.5, 0.6) is 5.75 Å². The van der Waals surface area contributed by atoms with E-state index in [1.165, 1.54) is 24.8 Å². The minimum Gasteiger partial charge on any atom is -0.486 e. The molecular formula is C22H29NO3. The summed E-state index contributed by atoms with van der Waals surface area (Å²) >= 11 is 0. The number of hydrogen-bond donors (Lipinski definition) is 1. The third-order valence-electron chi connectivity index (χ3n) is 4.93. The average molecular weight is 355 g/mol. The van der Waals surface area contributed by atoms with Crippen LogP contribution in [-0.2, 0) is 12.0 Å². The first kappa shape index (κ1) is 18.6. The van der Waals surface area contributed by atoms with E-state index in [1.807, 2.05) is 12.1 Å². The van der Waals surface area contributed by atoms with Crippen LogP contribution in [-0.4, -0.2) is 11.9 Å². The van der Waals surface area contributed by atoms with Crippen molar-refractivity contribution in [2.75, 3.05) is 0 Å². The number of hydrogen-bond acceptors (Lipinski definition) is 3. The number of benzene rings is 1. The van der Waals surface area contributed by atoms with E-state index in [-0.39, 0.29) is 17.4 Å². The van der Waals surface area contributed by atoms with Gasteiger partial charge in [0.15, 0.2) is 5.76 Å². The van der Waals surface area contributed by atoms with Gasteiger partial charge in [-0.25, -0.2) is 0 Å². The van der Waals surface area contributed by atoms with Gasteiger partial charge in [-0.3, -0.25) is 4.79 Å². The van der Waals surface area contributed by atoms with E-state index in [0.29, 0.717) is 18.1 Å². The van der Waals surface area contributed by atoms with Crippen molar-refractivity contribution in [2.45, 2.75) is 70.9 Å². The van der Waals surface area contributed by atoms with E-state index < -0.39 is 0 Å². The molecule has 0 unspecified atom stereocenters. The van der Waals surface area contributed by atoms with Crippen LogP contribution in [0.2, 0.25) is 0 Å². The molecule has 0 aliphatic heterocycles. The van der Waals surface area contributed by atoms with E-state index in [0.717, 1.165) is 18.6 Å². The van der Waals surface area contributed by atoms with Crippen LogP contribution in [0.25, 0.3) is 0 Å². The molecule has 1 saturated carbocycles. The van der Waals surface area contributed by atoms with Gasteiger partial charge in [0.05, 0.1) is 0 Å². The smallest absolute Gasteiger partial charge is 0.287 e. The maximum Gasteiger partial charge on any atom is 0.287 e. The van der Waals surface area contributed by atoms with E-state index in [1.54, 1.807) is 12.1 Å². The van der Waals surface area contributed by atoms with Gasteiger partial charge in [-0.2, -0.15) is 0 Å². The van der Waals surface area contributed by atoms with Gasteiger partial charge in [-0.1, -0.05) is 52.2 Å². The molecule has 26 heavy (non-hydrogen) atoms. The molecule has 1 aliphatic rings. The zero-order chi connectivity index (χ0) is 18.6. The number of carbonyl (C=O) groups excluding carboxylic acids is 1. The topological polar surface area (TPSA) is 51.5 Å². The number of amides is 1. The lowest BCUT2D eigenvalue weighted by atomic mass is 9.87. The molecule has 0 spiro atoms. The molecule has 0 atom stereocenters. The van der Waals surface area contributed by atoms with Crippen molar-refractivity contribution < 1.29 is 13.9 Å². The summed E-state index contributed by atoms with van der Waals surface area (Å²) in [6, 6.07) is 11.9.